The minimum atomic E-state index is -3.72. The standard InChI is InChI=1S/C17H25N3O5S/c21-17(18-13-6-8-19-7-2-1-3-14(13)19)15-4-5-16(25-15)26(22,23)20-9-11-24-12-10-20/h4-5,13-14H,1-3,6-12H2,(H,18,21)/t13-,14-/m0/s1. The molecule has 1 N–H and O–H groups in total. The van der Waals surface area contributed by atoms with Crippen molar-refractivity contribution in [3.63, 3.8) is 0 Å². The van der Waals surface area contributed by atoms with E-state index >= 15 is 0 Å². The third-order valence-corrected chi connectivity index (χ3v) is 7.31. The lowest BCUT2D eigenvalue weighted by atomic mass is 9.99. The Morgan fingerprint density at radius 1 is 1.08 bits per heavy atom. The summed E-state index contributed by atoms with van der Waals surface area (Å²) in [5, 5.41) is 2.85. The van der Waals surface area contributed by atoms with Crippen LogP contribution in [0.4, 0.5) is 0 Å². The quantitative estimate of drug-likeness (QED) is 0.821. The van der Waals surface area contributed by atoms with Crippen molar-refractivity contribution in [1.82, 2.24) is 14.5 Å². The molecule has 0 saturated carbocycles. The van der Waals surface area contributed by atoms with Crippen LogP contribution in [0.2, 0.25) is 0 Å². The van der Waals surface area contributed by atoms with Crippen LogP contribution in [0.5, 0.6) is 0 Å². The number of sulfonamides is 1. The third kappa shape index (κ3) is 3.40. The van der Waals surface area contributed by atoms with Gasteiger partial charge in [0.15, 0.2) is 5.76 Å². The van der Waals surface area contributed by atoms with Crippen LogP contribution in [-0.2, 0) is 14.8 Å². The smallest absolute Gasteiger partial charge is 0.287 e. The fourth-order valence-electron chi connectivity index (χ4n) is 4.15. The topological polar surface area (TPSA) is 92.1 Å². The molecule has 0 radical (unpaired) electrons. The number of carbonyl (C=O) groups excluding carboxylic acids is 1. The summed E-state index contributed by atoms with van der Waals surface area (Å²) >= 11 is 0. The molecule has 0 unspecified atom stereocenters. The molecule has 8 nitrogen and oxygen atoms in total. The lowest BCUT2D eigenvalue weighted by Crippen LogP contribution is -2.46. The summed E-state index contributed by atoms with van der Waals surface area (Å²) in [6.45, 7) is 3.43. The lowest BCUT2D eigenvalue weighted by molar-refractivity contribution is 0.0722. The van der Waals surface area contributed by atoms with E-state index in [1.165, 1.54) is 29.3 Å². The lowest BCUT2D eigenvalue weighted by Gasteiger charge is -2.32. The van der Waals surface area contributed by atoms with Crippen molar-refractivity contribution >= 4 is 15.9 Å². The molecule has 1 amide bonds. The van der Waals surface area contributed by atoms with Crippen molar-refractivity contribution in [3.8, 4) is 0 Å². The Morgan fingerprint density at radius 2 is 1.88 bits per heavy atom. The number of hydrogen-bond donors (Lipinski definition) is 1. The van der Waals surface area contributed by atoms with E-state index in [2.05, 4.69) is 10.2 Å². The van der Waals surface area contributed by atoms with E-state index in [1.807, 2.05) is 0 Å². The molecule has 3 aliphatic heterocycles. The van der Waals surface area contributed by atoms with Crippen LogP contribution in [0, 0.1) is 0 Å². The highest BCUT2D eigenvalue weighted by molar-refractivity contribution is 7.89. The summed E-state index contributed by atoms with van der Waals surface area (Å²) in [5.41, 5.74) is 0. The van der Waals surface area contributed by atoms with Gasteiger partial charge in [-0.05, 0) is 37.9 Å². The molecule has 26 heavy (non-hydrogen) atoms. The van der Waals surface area contributed by atoms with Crippen LogP contribution in [0.25, 0.3) is 0 Å². The van der Waals surface area contributed by atoms with Crippen LogP contribution < -0.4 is 5.32 Å². The number of fused-ring (bicyclic) bond motifs is 1. The molecule has 0 aliphatic carbocycles. The van der Waals surface area contributed by atoms with E-state index in [0.717, 1.165) is 25.9 Å². The first-order valence-corrected chi connectivity index (χ1v) is 10.7. The van der Waals surface area contributed by atoms with Crippen molar-refractivity contribution in [2.24, 2.45) is 0 Å². The van der Waals surface area contributed by atoms with Gasteiger partial charge in [-0.25, -0.2) is 8.42 Å². The molecule has 9 heteroatoms. The molecule has 0 aromatic carbocycles. The van der Waals surface area contributed by atoms with Crippen LogP contribution >= 0.6 is 0 Å². The molecule has 3 saturated heterocycles. The van der Waals surface area contributed by atoms with Crippen LogP contribution in [0.3, 0.4) is 0 Å². The molecule has 0 bridgehead atoms. The van der Waals surface area contributed by atoms with Crippen LogP contribution in [-0.4, -0.2) is 75.0 Å². The molecule has 4 rings (SSSR count). The summed E-state index contributed by atoms with van der Waals surface area (Å²) in [5.74, 6) is -0.294. The van der Waals surface area contributed by atoms with Gasteiger partial charge in [0.05, 0.1) is 13.2 Å². The van der Waals surface area contributed by atoms with Gasteiger partial charge in [-0.1, -0.05) is 6.42 Å². The van der Waals surface area contributed by atoms with Crippen molar-refractivity contribution in [2.45, 2.75) is 42.9 Å². The molecule has 1 aromatic rings. The average Bonchev–Trinajstić information content (AvgIpc) is 3.31. The fraction of sp³-hybridized carbons (Fsp3) is 0.706. The SMILES string of the molecule is O=C(N[C@H]1CCN2CCCC[C@@H]12)c1ccc(S(=O)(=O)N2CCOCC2)o1. The summed E-state index contributed by atoms with van der Waals surface area (Å²) in [6.07, 6.45) is 4.43. The molecule has 4 heterocycles. The molecule has 3 aliphatic rings. The minimum absolute atomic E-state index is 0.0473. The predicted molar refractivity (Wildman–Crippen MR) is 93.4 cm³/mol. The van der Waals surface area contributed by atoms with E-state index in [0.29, 0.717) is 32.3 Å². The van der Waals surface area contributed by atoms with E-state index in [-0.39, 0.29) is 22.8 Å². The van der Waals surface area contributed by atoms with Gasteiger partial charge in [0.25, 0.3) is 15.9 Å². The monoisotopic (exact) mass is 383 g/mol. The number of amides is 1. The van der Waals surface area contributed by atoms with Crippen LogP contribution in [0.15, 0.2) is 21.6 Å². The Morgan fingerprint density at radius 3 is 2.69 bits per heavy atom. The fourth-order valence-corrected chi connectivity index (χ4v) is 5.47. The third-order valence-electron chi connectivity index (χ3n) is 5.54. The number of morpholine rings is 1. The molecular weight excluding hydrogens is 358 g/mol. The number of furan rings is 1. The Hall–Kier alpha value is -1.42. The van der Waals surface area contributed by atoms with Crippen molar-refractivity contribution in [1.29, 1.82) is 0 Å². The molecule has 0 spiro atoms. The van der Waals surface area contributed by atoms with Crippen LogP contribution in [0.1, 0.15) is 36.2 Å². The summed E-state index contributed by atoms with van der Waals surface area (Å²) in [4.78, 5) is 15.0. The maximum atomic E-state index is 12.6. The summed E-state index contributed by atoms with van der Waals surface area (Å²) in [6, 6.07) is 3.30. The van der Waals surface area contributed by atoms with Crippen molar-refractivity contribution in [3.05, 3.63) is 17.9 Å². The number of piperidine rings is 1. The second-order valence-electron chi connectivity index (χ2n) is 7.10. The predicted octanol–water partition coefficient (Wildman–Crippen LogP) is 0.657. The maximum absolute atomic E-state index is 12.6. The number of carbonyl (C=O) groups is 1. The zero-order valence-electron chi connectivity index (χ0n) is 14.7. The maximum Gasteiger partial charge on any atom is 0.287 e. The minimum Gasteiger partial charge on any atom is -0.438 e. The zero-order chi connectivity index (χ0) is 18.1. The van der Waals surface area contributed by atoms with Gasteiger partial charge in [-0.2, -0.15) is 4.31 Å². The number of hydrogen-bond acceptors (Lipinski definition) is 6. The Labute approximate surface area is 153 Å². The first kappa shape index (κ1) is 18.0. The summed E-state index contributed by atoms with van der Waals surface area (Å²) < 4.78 is 37.1. The molecule has 144 valence electrons. The Balaban J connectivity index is 1.43. The van der Waals surface area contributed by atoms with Gasteiger partial charge in [-0.15, -0.1) is 0 Å². The Bertz CT molecular complexity index is 756. The van der Waals surface area contributed by atoms with Gasteiger partial charge in [0.2, 0.25) is 5.09 Å². The van der Waals surface area contributed by atoms with E-state index < -0.39 is 10.0 Å². The highest BCUT2D eigenvalue weighted by Gasteiger charge is 2.37. The largest absolute Gasteiger partial charge is 0.438 e. The first-order chi connectivity index (χ1) is 12.6. The zero-order valence-corrected chi connectivity index (χ0v) is 15.5. The molecule has 1 aromatic heterocycles. The van der Waals surface area contributed by atoms with E-state index in [4.69, 9.17) is 9.15 Å². The number of nitrogens with one attached hydrogen (secondary N) is 1. The number of ether oxygens (including phenoxy) is 1. The van der Waals surface area contributed by atoms with Crippen molar-refractivity contribution in [2.75, 3.05) is 39.4 Å². The van der Waals surface area contributed by atoms with Crippen molar-refractivity contribution < 1.29 is 22.4 Å². The first-order valence-electron chi connectivity index (χ1n) is 9.28. The van der Waals surface area contributed by atoms with Gasteiger partial charge in [-0.3, -0.25) is 9.69 Å². The summed E-state index contributed by atoms with van der Waals surface area (Å²) in [7, 11) is -3.72. The highest BCUT2D eigenvalue weighted by Crippen LogP contribution is 2.27. The molecule has 2 atom stereocenters. The average molecular weight is 383 g/mol. The second kappa shape index (κ2) is 7.30. The van der Waals surface area contributed by atoms with Gasteiger partial charge < -0.3 is 14.5 Å². The van der Waals surface area contributed by atoms with Gasteiger partial charge in [0.1, 0.15) is 0 Å². The second-order valence-corrected chi connectivity index (χ2v) is 8.97. The number of nitrogens with zero attached hydrogens (tertiary/aromatic N) is 2. The molecular formula is C17H25N3O5S. The van der Waals surface area contributed by atoms with E-state index in [9.17, 15) is 13.2 Å². The number of rotatable bonds is 4. The highest BCUT2D eigenvalue weighted by atomic mass is 32.2. The molecule has 3 fully saturated rings. The van der Waals surface area contributed by atoms with E-state index in [1.54, 1.807) is 0 Å². The normalized spacial score (nSPS) is 28.0. The van der Waals surface area contributed by atoms with Gasteiger partial charge >= 0.3 is 0 Å². The Kier molecular flexibility index (Phi) is 5.05. The van der Waals surface area contributed by atoms with Gasteiger partial charge in [0, 0.05) is 31.7 Å².